The Labute approximate surface area is 100 Å². The number of hydrogen-bond donors (Lipinski definition) is 1. The zero-order chi connectivity index (χ0) is 11.3. The number of benzene rings is 1. The lowest BCUT2D eigenvalue weighted by molar-refractivity contribution is -0.111. The Morgan fingerprint density at radius 3 is 2.80 bits per heavy atom. The van der Waals surface area contributed by atoms with Crippen LogP contribution in [0.15, 0.2) is 18.2 Å². The molecule has 0 fully saturated rings. The molecular formula is C10H4BrClN2O. The number of anilines is 1. The fourth-order valence-corrected chi connectivity index (χ4v) is 1.29. The van der Waals surface area contributed by atoms with Gasteiger partial charge in [-0.3, -0.25) is 4.79 Å². The maximum Gasteiger partial charge on any atom is 0.301 e. The number of carbonyl (C=O) groups excluding carboxylic acids is 1. The fraction of sp³-hybridized carbons (Fsp3) is 0. The summed E-state index contributed by atoms with van der Waals surface area (Å²) in [7, 11) is 0. The Balaban J connectivity index is 2.89. The number of rotatable bonds is 1. The van der Waals surface area contributed by atoms with Crippen LogP contribution in [0.2, 0.25) is 5.02 Å². The molecule has 1 rings (SSSR count). The molecule has 0 aliphatic carbocycles. The lowest BCUT2D eigenvalue weighted by Crippen LogP contribution is -2.08. The minimum absolute atomic E-state index is 0.294. The summed E-state index contributed by atoms with van der Waals surface area (Å²) in [5.41, 5.74) is 0.862. The molecule has 0 aliphatic rings. The van der Waals surface area contributed by atoms with E-state index in [4.69, 9.17) is 16.9 Å². The Kier molecular flexibility index (Phi) is 4.17. The molecule has 1 amide bonds. The first kappa shape index (κ1) is 11.6. The first-order valence-corrected chi connectivity index (χ1v) is 4.96. The molecule has 74 valence electrons. The van der Waals surface area contributed by atoms with Crippen LogP contribution in [0, 0.1) is 22.1 Å². The highest BCUT2D eigenvalue weighted by molar-refractivity contribution is 9.12. The van der Waals surface area contributed by atoms with Crippen molar-refractivity contribution in [3.8, 4) is 16.8 Å². The third-order valence-electron chi connectivity index (χ3n) is 1.51. The highest BCUT2D eigenvalue weighted by atomic mass is 79.9. The SMILES string of the molecule is N#Cc1ccc(NC(=O)C#CBr)cc1Cl. The molecule has 0 saturated carbocycles. The quantitative estimate of drug-likeness (QED) is 0.805. The zero-order valence-electron chi connectivity index (χ0n) is 7.34. The van der Waals surface area contributed by atoms with Gasteiger partial charge in [-0.05, 0) is 23.0 Å². The Bertz CT molecular complexity index is 496. The summed E-state index contributed by atoms with van der Waals surface area (Å²) >= 11 is 8.58. The second-order valence-electron chi connectivity index (χ2n) is 2.48. The van der Waals surface area contributed by atoms with Crippen LogP contribution in [0.3, 0.4) is 0 Å². The summed E-state index contributed by atoms with van der Waals surface area (Å²) in [6, 6.07) is 6.52. The van der Waals surface area contributed by atoms with Crippen LogP contribution in [-0.2, 0) is 4.79 Å². The van der Waals surface area contributed by atoms with Gasteiger partial charge in [0.05, 0.1) is 10.6 Å². The maximum absolute atomic E-state index is 11.1. The Morgan fingerprint density at radius 1 is 1.53 bits per heavy atom. The largest absolute Gasteiger partial charge is 0.315 e. The molecule has 0 spiro atoms. The molecule has 1 aromatic rings. The minimum Gasteiger partial charge on any atom is -0.315 e. The Morgan fingerprint density at radius 2 is 2.27 bits per heavy atom. The van der Waals surface area contributed by atoms with Gasteiger partial charge in [0.25, 0.3) is 0 Å². The lowest BCUT2D eigenvalue weighted by atomic mass is 10.2. The molecule has 0 radical (unpaired) electrons. The smallest absolute Gasteiger partial charge is 0.301 e. The second-order valence-corrected chi connectivity index (χ2v) is 3.28. The van der Waals surface area contributed by atoms with Gasteiger partial charge in [0.15, 0.2) is 0 Å². The first-order chi connectivity index (χ1) is 7.17. The van der Waals surface area contributed by atoms with Gasteiger partial charge >= 0.3 is 5.91 Å². The summed E-state index contributed by atoms with van der Waals surface area (Å²) < 4.78 is 0. The van der Waals surface area contributed by atoms with E-state index in [-0.39, 0.29) is 0 Å². The average Bonchev–Trinajstić information content (AvgIpc) is 2.18. The number of nitriles is 1. The van der Waals surface area contributed by atoms with Crippen LogP contribution in [-0.4, -0.2) is 5.91 Å². The third kappa shape index (κ3) is 3.28. The van der Waals surface area contributed by atoms with Crippen LogP contribution >= 0.6 is 27.5 Å². The van der Waals surface area contributed by atoms with Gasteiger partial charge in [-0.25, -0.2) is 0 Å². The van der Waals surface area contributed by atoms with Crippen LogP contribution in [0.25, 0.3) is 0 Å². The topological polar surface area (TPSA) is 52.9 Å². The number of amides is 1. The number of carbonyl (C=O) groups is 1. The van der Waals surface area contributed by atoms with E-state index in [1.165, 1.54) is 12.1 Å². The van der Waals surface area contributed by atoms with E-state index in [2.05, 4.69) is 32.0 Å². The van der Waals surface area contributed by atoms with Crippen molar-refractivity contribution in [3.63, 3.8) is 0 Å². The molecule has 1 N–H and O–H groups in total. The lowest BCUT2D eigenvalue weighted by Gasteiger charge is -2.01. The van der Waals surface area contributed by atoms with E-state index in [9.17, 15) is 4.79 Å². The van der Waals surface area contributed by atoms with E-state index < -0.39 is 5.91 Å². The van der Waals surface area contributed by atoms with Crippen molar-refractivity contribution >= 4 is 39.1 Å². The van der Waals surface area contributed by atoms with Gasteiger partial charge in [0.1, 0.15) is 6.07 Å². The molecule has 0 saturated heterocycles. The van der Waals surface area contributed by atoms with Crippen molar-refractivity contribution in [2.45, 2.75) is 0 Å². The molecule has 15 heavy (non-hydrogen) atoms. The first-order valence-electron chi connectivity index (χ1n) is 3.79. The summed E-state index contributed by atoms with van der Waals surface area (Å²) in [4.78, 5) is 13.3. The number of halogens is 2. The molecular weight excluding hydrogens is 279 g/mol. The molecule has 0 aromatic heterocycles. The predicted octanol–water partition coefficient (Wildman–Crippen LogP) is 2.51. The summed E-state index contributed by atoms with van der Waals surface area (Å²) in [6.45, 7) is 0. The van der Waals surface area contributed by atoms with Crippen molar-refractivity contribution in [2.75, 3.05) is 5.32 Å². The standard InChI is InChI=1S/C10H4BrClN2O/c11-4-3-10(15)14-8-2-1-7(6-13)9(12)5-8/h1-2,5H,(H,14,15). The highest BCUT2D eigenvalue weighted by Crippen LogP contribution is 2.19. The molecule has 0 unspecified atom stereocenters. The normalized spacial score (nSPS) is 8.33. The van der Waals surface area contributed by atoms with Gasteiger partial charge in [-0.2, -0.15) is 5.26 Å². The van der Waals surface area contributed by atoms with E-state index in [1.807, 2.05) is 6.07 Å². The molecule has 1 aromatic carbocycles. The average molecular weight is 284 g/mol. The monoisotopic (exact) mass is 282 g/mol. The minimum atomic E-state index is -0.451. The highest BCUT2D eigenvalue weighted by Gasteiger charge is 2.02. The summed E-state index contributed by atoms with van der Waals surface area (Å²) in [5, 5.41) is 11.4. The van der Waals surface area contributed by atoms with E-state index in [0.717, 1.165) is 0 Å². The van der Waals surface area contributed by atoms with Crippen LogP contribution in [0.4, 0.5) is 5.69 Å². The van der Waals surface area contributed by atoms with Crippen molar-refractivity contribution in [1.82, 2.24) is 0 Å². The number of nitrogens with one attached hydrogen (secondary N) is 1. The van der Waals surface area contributed by atoms with E-state index in [1.54, 1.807) is 6.07 Å². The molecule has 0 bridgehead atoms. The van der Waals surface area contributed by atoms with Crippen LogP contribution in [0.5, 0.6) is 0 Å². The van der Waals surface area contributed by atoms with Crippen molar-refractivity contribution in [3.05, 3.63) is 28.8 Å². The number of hydrogen-bond acceptors (Lipinski definition) is 2. The van der Waals surface area contributed by atoms with E-state index in [0.29, 0.717) is 16.3 Å². The van der Waals surface area contributed by atoms with E-state index >= 15 is 0 Å². The van der Waals surface area contributed by atoms with Gasteiger partial charge in [0.2, 0.25) is 0 Å². The van der Waals surface area contributed by atoms with Gasteiger partial charge in [-0.1, -0.05) is 11.6 Å². The van der Waals surface area contributed by atoms with Gasteiger partial charge < -0.3 is 5.32 Å². The summed E-state index contributed by atoms with van der Waals surface area (Å²) in [5.74, 6) is 1.80. The Hall–Kier alpha value is -1.49. The second kappa shape index (κ2) is 5.41. The van der Waals surface area contributed by atoms with Crippen LogP contribution in [0.1, 0.15) is 5.56 Å². The zero-order valence-corrected chi connectivity index (χ0v) is 9.69. The van der Waals surface area contributed by atoms with Crippen molar-refractivity contribution in [2.24, 2.45) is 0 Å². The number of nitrogens with zero attached hydrogens (tertiary/aromatic N) is 1. The van der Waals surface area contributed by atoms with Crippen molar-refractivity contribution in [1.29, 1.82) is 5.26 Å². The fourth-order valence-electron chi connectivity index (χ4n) is 0.889. The molecule has 5 heteroatoms. The van der Waals surface area contributed by atoms with Gasteiger partial charge in [-0.15, -0.1) is 0 Å². The third-order valence-corrected chi connectivity index (χ3v) is 2.02. The molecule has 3 nitrogen and oxygen atoms in total. The summed E-state index contributed by atoms with van der Waals surface area (Å²) in [6.07, 6.45) is 0. The van der Waals surface area contributed by atoms with Gasteiger partial charge in [0, 0.05) is 27.5 Å². The molecule has 0 atom stereocenters. The van der Waals surface area contributed by atoms with Crippen molar-refractivity contribution < 1.29 is 4.79 Å². The van der Waals surface area contributed by atoms with Crippen LogP contribution < -0.4 is 5.32 Å². The molecule has 0 aliphatic heterocycles. The molecule has 0 heterocycles. The maximum atomic E-state index is 11.1. The predicted molar refractivity (Wildman–Crippen MR) is 61.5 cm³/mol.